The summed E-state index contributed by atoms with van der Waals surface area (Å²) in [6, 6.07) is 0. The summed E-state index contributed by atoms with van der Waals surface area (Å²) < 4.78 is -1.72. The SMILES string of the molecule is O=C(O)C(S)(S)Cl. The summed E-state index contributed by atoms with van der Waals surface area (Å²) in [7, 11) is 0. The third-order valence-corrected chi connectivity index (χ3v) is 0.816. The van der Waals surface area contributed by atoms with Crippen molar-refractivity contribution >= 4 is 42.8 Å². The highest BCUT2D eigenvalue weighted by Gasteiger charge is 2.25. The number of carbonyl (C=O) groups is 1. The largest absolute Gasteiger partial charge is 0.479 e. The second-order valence-electron chi connectivity index (χ2n) is 0.892. The van der Waals surface area contributed by atoms with Gasteiger partial charge in [0.1, 0.15) is 0 Å². The molecule has 42 valence electrons. The first-order chi connectivity index (χ1) is 2.94. The lowest BCUT2D eigenvalue weighted by Crippen LogP contribution is -2.17. The van der Waals surface area contributed by atoms with Crippen molar-refractivity contribution in [2.45, 2.75) is 3.54 Å². The zero-order chi connectivity index (χ0) is 6.08. The summed E-state index contributed by atoms with van der Waals surface area (Å²) in [5, 5.41) is 7.97. The highest BCUT2D eigenvalue weighted by molar-refractivity contribution is 8.04. The zero-order valence-corrected chi connectivity index (χ0v) is 5.67. The zero-order valence-electron chi connectivity index (χ0n) is 3.13. The molecule has 0 radical (unpaired) electrons. The molecule has 0 atom stereocenters. The predicted molar refractivity (Wildman–Crippen MR) is 34.2 cm³/mol. The van der Waals surface area contributed by atoms with Crippen molar-refractivity contribution in [1.29, 1.82) is 0 Å². The van der Waals surface area contributed by atoms with Crippen LogP contribution in [0.3, 0.4) is 0 Å². The van der Waals surface area contributed by atoms with Gasteiger partial charge in [0.15, 0.2) is 0 Å². The molecule has 0 unspecified atom stereocenters. The number of hydrogen-bond donors (Lipinski definition) is 3. The predicted octanol–water partition coefficient (Wildman–Crippen LogP) is 0.823. The minimum absolute atomic E-state index is 1.26. The van der Waals surface area contributed by atoms with Crippen molar-refractivity contribution in [1.82, 2.24) is 0 Å². The topological polar surface area (TPSA) is 37.3 Å². The highest BCUT2D eigenvalue weighted by Crippen LogP contribution is 2.23. The van der Waals surface area contributed by atoms with Crippen LogP contribution in [0.2, 0.25) is 0 Å². The van der Waals surface area contributed by atoms with Crippen molar-refractivity contribution in [2.24, 2.45) is 0 Å². The third kappa shape index (κ3) is 3.08. The summed E-state index contributed by atoms with van der Waals surface area (Å²) in [4.78, 5) is 9.74. The Labute approximate surface area is 56.7 Å². The summed E-state index contributed by atoms with van der Waals surface area (Å²) in [5.74, 6) is -1.26. The number of carboxylic acid groups (broad SMARTS) is 1. The Morgan fingerprint density at radius 1 is 1.71 bits per heavy atom. The molecule has 0 heterocycles. The normalized spacial score (nSPS) is 11.3. The summed E-state index contributed by atoms with van der Waals surface area (Å²) >= 11 is 11.8. The fourth-order valence-electron chi connectivity index (χ4n) is 0. The highest BCUT2D eigenvalue weighted by atomic mass is 35.5. The van der Waals surface area contributed by atoms with Gasteiger partial charge in [-0.05, 0) is 0 Å². The van der Waals surface area contributed by atoms with E-state index in [9.17, 15) is 4.79 Å². The molecule has 0 saturated carbocycles. The monoisotopic (exact) mass is 158 g/mol. The molecule has 5 heteroatoms. The van der Waals surface area contributed by atoms with Gasteiger partial charge in [0.2, 0.25) is 3.54 Å². The Morgan fingerprint density at radius 2 is 1.86 bits per heavy atom. The van der Waals surface area contributed by atoms with E-state index in [-0.39, 0.29) is 0 Å². The Balaban J connectivity index is 3.79. The fourth-order valence-corrected chi connectivity index (χ4v) is 0. The molecule has 0 rings (SSSR count). The molecule has 0 spiro atoms. The van der Waals surface area contributed by atoms with Gasteiger partial charge >= 0.3 is 5.97 Å². The second-order valence-corrected chi connectivity index (χ2v) is 3.68. The Morgan fingerprint density at radius 3 is 1.86 bits per heavy atom. The van der Waals surface area contributed by atoms with Crippen LogP contribution >= 0.6 is 36.9 Å². The second kappa shape index (κ2) is 2.15. The van der Waals surface area contributed by atoms with Gasteiger partial charge in [-0.2, -0.15) is 0 Å². The maximum atomic E-state index is 9.74. The maximum absolute atomic E-state index is 9.74. The molecule has 0 aliphatic rings. The Hall–Kier alpha value is 0.460. The van der Waals surface area contributed by atoms with Gasteiger partial charge in [-0.1, -0.05) is 11.6 Å². The summed E-state index contributed by atoms with van der Waals surface area (Å²) in [5.41, 5.74) is 0. The van der Waals surface area contributed by atoms with Gasteiger partial charge in [0, 0.05) is 0 Å². The van der Waals surface area contributed by atoms with E-state index in [1.807, 2.05) is 0 Å². The maximum Gasteiger partial charge on any atom is 0.345 e. The third-order valence-electron chi connectivity index (χ3n) is 0.272. The molecular formula is C2H3ClO2S2. The molecule has 0 aromatic rings. The van der Waals surface area contributed by atoms with Gasteiger partial charge in [0.05, 0.1) is 0 Å². The quantitative estimate of drug-likeness (QED) is 0.300. The van der Waals surface area contributed by atoms with Crippen molar-refractivity contribution in [3.63, 3.8) is 0 Å². The Kier molecular flexibility index (Phi) is 2.29. The molecule has 0 aliphatic carbocycles. The van der Waals surface area contributed by atoms with Crippen LogP contribution in [-0.2, 0) is 4.79 Å². The van der Waals surface area contributed by atoms with Crippen LogP contribution in [0, 0.1) is 0 Å². The minimum atomic E-state index is -1.72. The number of hydrogen-bond acceptors (Lipinski definition) is 3. The number of halogens is 1. The van der Waals surface area contributed by atoms with Crippen LogP contribution in [0.5, 0.6) is 0 Å². The van der Waals surface area contributed by atoms with Crippen molar-refractivity contribution in [3.05, 3.63) is 0 Å². The van der Waals surface area contributed by atoms with E-state index in [0.717, 1.165) is 0 Å². The van der Waals surface area contributed by atoms with E-state index in [4.69, 9.17) is 16.7 Å². The fraction of sp³-hybridized carbons (Fsp3) is 0.500. The molecule has 0 amide bonds. The van der Waals surface area contributed by atoms with Crippen LogP contribution < -0.4 is 0 Å². The lowest BCUT2D eigenvalue weighted by molar-refractivity contribution is -0.135. The lowest BCUT2D eigenvalue weighted by atomic mass is 10.8. The van der Waals surface area contributed by atoms with Gasteiger partial charge in [0.25, 0.3) is 0 Å². The van der Waals surface area contributed by atoms with E-state index in [1.165, 1.54) is 0 Å². The van der Waals surface area contributed by atoms with Crippen LogP contribution in [0.25, 0.3) is 0 Å². The molecular weight excluding hydrogens is 156 g/mol. The van der Waals surface area contributed by atoms with Crippen molar-refractivity contribution < 1.29 is 9.90 Å². The first-order valence-electron chi connectivity index (χ1n) is 1.31. The van der Waals surface area contributed by atoms with E-state index >= 15 is 0 Å². The molecule has 2 nitrogen and oxygen atoms in total. The Bertz CT molecular complexity index is 86.2. The van der Waals surface area contributed by atoms with E-state index in [1.54, 1.807) is 0 Å². The summed E-state index contributed by atoms with van der Waals surface area (Å²) in [6.45, 7) is 0. The van der Waals surface area contributed by atoms with Gasteiger partial charge in [-0.15, -0.1) is 25.3 Å². The molecule has 7 heavy (non-hydrogen) atoms. The standard InChI is InChI=1S/C2H3ClO2S2/c3-2(6,7)1(4)5/h6-7H,(H,4,5). The number of alkyl halides is 1. The molecule has 0 saturated heterocycles. The molecule has 0 bridgehead atoms. The molecule has 0 aromatic heterocycles. The summed E-state index contributed by atoms with van der Waals surface area (Å²) in [6.07, 6.45) is 0. The number of rotatable bonds is 1. The molecule has 0 aromatic carbocycles. The van der Waals surface area contributed by atoms with Gasteiger partial charge in [-0.25, -0.2) is 4.79 Å². The first-order valence-corrected chi connectivity index (χ1v) is 2.59. The van der Waals surface area contributed by atoms with Gasteiger partial charge < -0.3 is 5.11 Å². The van der Waals surface area contributed by atoms with E-state index in [2.05, 4.69) is 25.3 Å². The number of aliphatic carboxylic acids is 1. The van der Waals surface area contributed by atoms with Crippen LogP contribution in [0.1, 0.15) is 0 Å². The van der Waals surface area contributed by atoms with E-state index < -0.39 is 9.51 Å². The first kappa shape index (κ1) is 7.46. The smallest absolute Gasteiger partial charge is 0.345 e. The molecule has 0 aliphatic heterocycles. The number of thiol groups is 2. The number of carboxylic acids is 1. The minimum Gasteiger partial charge on any atom is -0.479 e. The lowest BCUT2D eigenvalue weighted by Gasteiger charge is -2.03. The van der Waals surface area contributed by atoms with Crippen LogP contribution in [0.4, 0.5) is 0 Å². The van der Waals surface area contributed by atoms with Crippen molar-refractivity contribution in [3.8, 4) is 0 Å². The molecule has 0 fully saturated rings. The van der Waals surface area contributed by atoms with Crippen LogP contribution in [-0.4, -0.2) is 14.6 Å². The van der Waals surface area contributed by atoms with Gasteiger partial charge in [-0.3, -0.25) is 0 Å². The van der Waals surface area contributed by atoms with Crippen molar-refractivity contribution in [2.75, 3.05) is 0 Å². The van der Waals surface area contributed by atoms with Crippen LogP contribution in [0.15, 0.2) is 0 Å². The van der Waals surface area contributed by atoms with E-state index in [0.29, 0.717) is 0 Å². The molecule has 1 N–H and O–H groups in total. The average Bonchev–Trinajstić information content (AvgIpc) is 1.31. The average molecular weight is 159 g/mol.